The van der Waals surface area contributed by atoms with Crippen molar-refractivity contribution in [2.75, 3.05) is 5.32 Å². The molecule has 2 aromatic rings. The van der Waals surface area contributed by atoms with E-state index in [1.807, 2.05) is 0 Å². The summed E-state index contributed by atoms with van der Waals surface area (Å²) >= 11 is 5.71. The lowest BCUT2D eigenvalue weighted by Crippen LogP contribution is -2.65. The van der Waals surface area contributed by atoms with Crippen LogP contribution in [0.5, 0.6) is 11.5 Å². The zero-order valence-electron chi connectivity index (χ0n) is 11.9. The number of halogens is 4. The highest BCUT2D eigenvalue weighted by atomic mass is 35.5. The van der Waals surface area contributed by atoms with Gasteiger partial charge in [-0.1, -0.05) is 16.8 Å². The minimum Gasteiger partial charge on any atom is -0.424 e. The molecule has 1 atom stereocenters. The first-order chi connectivity index (χ1) is 11.2. The third-order valence-electron chi connectivity index (χ3n) is 2.93. The number of carbonyl (C=O) groups is 1. The Labute approximate surface area is 137 Å². The predicted molar refractivity (Wildman–Crippen MR) is 74.9 cm³/mol. The summed E-state index contributed by atoms with van der Waals surface area (Å²) in [6.07, 6.45) is -5.07. The van der Waals surface area contributed by atoms with Gasteiger partial charge in [-0.3, -0.25) is 10.6 Å². The number of aryl methyl sites for hydroxylation is 1. The minimum atomic E-state index is -5.07. The highest BCUT2D eigenvalue weighted by Gasteiger charge is 2.65. The summed E-state index contributed by atoms with van der Waals surface area (Å²) in [5.41, 5.74) is 0. The SMILES string of the molecule is Cc1cc(NC(=O)N[C@@]2(C(F)(F)F)Oc3ccc(Cl)cc3O2)no1. The number of hydrogen-bond donors (Lipinski definition) is 2. The number of rotatable bonds is 2. The average molecular weight is 364 g/mol. The van der Waals surface area contributed by atoms with Crippen molar-refractivity contribution >= 4 is 23.4 Å². The molecular formula is C13H9ClF3N3O4. The Bertz CT molecular complexity index is 795. The van der Waals surface area contributed by atoms with E-state index in [4.69, 9.17) is 25.6 Å². The van der Waals surface area contributed by atoms with Crippen molar-refractivity contribution in [2.24, 2.45) is 0 Å². The predicted octanol–water partition coefficient (Wildman–Crippen LogP) is 3.45. The Balaban J connectivity index is 1.82. The molecule has 1 aromatic heterocycles. The van der Waals surface area contributed by atoms with Crippen LogP contribution in [0.15, 0.2) is 28.8 Å². The van der Waals surface area contributed by atoms with E-state index in [1.54, 1.807) is 12.2 Å². The molecule has 11 heteroatoms. The zero-order chi connectivity index (χ0) is 17.5. The molecule has 0 radical (unpaired) electrons. The van der Waals surface area contributed by atoms with Gasteiger partial charge in [0.2, 0.25) is 0 Å². The molecule has 0 fully saturated rings. The number of carbonyl (C=O) groups excluding carboxylic acids is 1. The van der Waals surface area contributed by atoms with Crippen LogP contribution in [-0.2, 0) is 0 Å². The first kappa shape index (κ1) is 16.2. The molecule has 1 aliphatic heterocycles. The largest absolute Gasteiger partial charge is 0.492 e. The molecule has 1 aliphatic rings. The topological polar surface area (TPSA) is 85.6 Å². The molecule has 0 saturated carbocycles. The minimum absolute atomic E-state index is 0.0686. The van der Waals surface area contributed by atoms with Gasteiger partial charge in [0.15, 0.2) is 17.3 Å². The summed E-state index contributed by atoms with van der Waals surface area (Å²) in [6.45, 7) is 1.55. The van der Waals surface area contributed by atoms with Gasteiger partial charge < -0.3 is 14.0 Å². The lowest BCUT2D eigenvalue weighted by atomic mass is 10.3. The number of hydrogen-bond acceptors (Lipinski definition) is 5. The third-order valence-corrected chi connectivity index (χ3v) is 3.17. The average Bonchev–Trinajstić information content (AvgIpc) is 3.01. The van der Waals surface area contributed by atoms with Crippen molar-refractivity contribution in [1.29, 1.82) is 0 Å². The quantitative estimate of drug-likeness (QED) is 0.853. The van der Waals surface area contributed by atoms with Gasteiger partial charge in [-0.25, -0.2) is 4.79 Å². The maximum absolute atomic E-state index is 13.4. The van der Waals surface area contributed by atoms with Gasteiger partial charge in [0.05, 0.1) is 0 Å². The second-order valence-electron chi connectivity index (χ2n) is 4.81. The summed E-state index contributed by atoms with van der Waals surface area (Å²) < 4.78 is 54.6. The van der Waals surface area contributed by atoms with Gasteiger partial charge in [-0.2, -0.15) is 13.2 Å². The summed E-state index contributed by atoms with van der Waals surface area (Å²) in [5.74, 6) is -3.55. The van der Waals surface area contributed by atoms with Crippen molar-refractivity contribution < 1.29 is 32.0 Å². The van der Waals surface area contributed by atoms with E-state index < -0.39 is 18.1 Å². The van der Waals surface area contributed by atoms with Crippen LogP contribution in [0.4, 0.5) is 23.8 Å². The van der Waals surface area contributed by atoms with E-state index in [-0.39, 0.29) is 22.3 Å². The summed E-state index contributed by atoms with van der Waals surface area (Å²) in [7, 11) is 0. The van der Waals surface area contributed by atoms with E-state index in [1.165, 1.54) is 18.2 Å². The maximum atomic E-state index is 13.4. The molecule has 0 bridgehead atoms. The molecule has 0 saturated heterocycles. The molecule has 128 valence electrons. The Hall–Kier alpha value is -2.62. The lowest BCUT2D eigenvalue weighted by molar-refractivity contribution is -0.317. The van der Waals surface area contributed by atoms with Gasteiger partial charge in [0.25, 0.3) is 0 Å². The molecule has 1 aromatic carbocycles. The first-order valence-electron chi connectivity index (χ1n) is 6.45. The number of amides is 2. The number of nitrogens with one attached hydrogen (secondary N) is 2. The first-order valence-corrected chi connectivity index (χ1v) is 6.83. The molecule has 0 spiro atoms. The van der Waals surface area contributed by atoms with E-state index in [2.05, 4.69) is 10.5 Å². The van der Waals surface area contributed by atoms with Crippen LogP contribution in [0.3, 0.4) is 0 Å². The fourth-order valence-electron chi connectivity index (χ4n) is 1.94. The molecule has 7 nitrogen and oxygen atoms in total. The van der Waals surface area contributed by atoms with Crippen LogP contribution >= 0.6 is 11.6 Å². The molecule has 0 aliphatic carbocycles. The smallest absolute Gasteiger partial charge is 0.424 e. The van der Waals surface area contributed by atoms with Crippen LogP contribution in [0.1, 0.15) is 5.76 Å². The van der Waals surface area contributed by atoms with E-state index in [9.17, 15) is 18.0 Å². The van der Waals surface area contributed by atoms with Gasteiger partial charge in [0.1, 0.15) is 5.76 Å². The van der Waals surface area contributed by atoms with Crippen LogP contribution < -0.4 is 20.1 Å². The summed E-state index contributed by atoms with van der Waals surface area (Å²) in [5, 5.41) is 7.29. The normalized spacial score (nSPS) is 19.2. The second-order valence-corrected chi connectivity index (χ2v) is 5.25. The van der Waals surface area contributed by atoms with Crippen LogP contribution in [0, 0.1) is 6.92 Å². The summed E-state index contributed by atoms with van der Waals surface area (Å²) in [6, 6.07) is 3.75. The van der Waals surface area contributed by atoms with E-state index >= 15 is 0 Å². The Kier molecular flexibility index (Phi) is 3.71. The Morgan fingerprint density at radius 1 is 1.25 bits per heavy atom. The van der Waals surface area contributed by atoms with Crippen LogP contribution in [0.2, 0.25) is 5.02 Å². The Morgan fingerprint density at radius 2 is 1.96 bits per heavy atom. The third kappa shape index (κ3) is 2.92. The molecular weight excluding hydrogens is 355 g/mol. The molecule has 0 unspecified atom stereocenters. The lowest BCUT2D eigenvalue weighted by Gasteiger charge is -2.29. The Morgan fingerprint density at radius 3 is 2.58 bits per heavy atom. The van der Waals surface area contributed by atoms with Gasteiger partial charge in [0, 0.05) is 17.2 Å². The highest BCUT2D eigenvalue weighted by molar-refractivity contribution is 6.30. The van der Waals surface area contributed by atoms with Gasteiger partial charge in [-0.05, 0) is 19.1 Å². The van der Waals surface area contributed by atoms with Crippen LogP contribution in [-0.4, -0.2) is 23.3 Å². The van der Waals surface area contributed by atoms with E-state index in [0.29, 0.717) is 5.76 Å². The number of anilines is 1. The maximum Gasteiger partial charge on any atom is 0.492 e. The van der Waals surface area contributed by atoms with Crippen molar-refractivity contribution in [2.45, 2.75) is 19.0 Å². The summed E-state index contributed by atoms with van der Waals surface area (Å²) in [4.78, 5) is 11.9. The monoisotopic (exact) mass is 363 g/mol. The molecule has 2 amide bonds. The van der Waals surface area contributed by atoms with E-state index in [0.717, 1.165) is 6.07 Å². The second kappa shape index (κ2) is 5.48. The molecule has 2 N–H and O–H groups in total. The number of benzene rings is 1. The standard InChI is InChI=1S/C13H9ClF3N3O4/c1-6-4-10(20-24-6)18-11(21)19-13(12(15,16)17)22-8-3-2-7(14)5-9(8)23-13/h2-5H,1H3,(H2,18,19,20,21)/t13-/m0/s1. The number of alkyl halides is 3. The highest BCUT2D eigenvalue weighted by Crippen LogP contribution is 2.46. The zero-order valence-corrected chi connectivity index (χ0v) is 12.7. The van der Waals surface area contributed by atoms with Gasteiger partial charge in [-0.15, -0.1) is 0 Å². The molecule has 24 heavy (non-hydrogen) atoms. The van der Waals surface area contributed by atoms with Crippen molar-refractivity contribution in [1.82, 2.24) is 10.5 Å². The number of nitrogens with zero attached hydrogens (tertiary/aromatic N) is 1. The van der Waals surface area contributed by atoms with Crippen molar-refractivity contribution in [3.05, 3.63) is 35.0 Å². The fourth-order valence-corrected chi connectivity index (χ4v) is 2.10. The number of fused-ring (bicyclic) bond motifs is 1. The van der Waals surface area contributed by atoms with Crippen molar-refractivity contribution in [3.8, 4) is 11.5 Å². The number of urea groups is 1. The molecule has 2 heterocycles. The van der Waals surface area contributed by atoms with Crippen LogP contribution in [0.25, 0.3) is 0 Å². The number of ether oxygens (including phenoxy) is 2. The molecule has 3 rings (SSSR count). The van der Waals surface area contributed by atoms with Gasteiger partial charge >= 0.3 is 18.1 Å². The number of aromatic nitrogens is 1. The van der Waals surface area contributed by atoms with Crippen molar-refractivity contribution in [3.63, 3.8) is 0 Å². The fraction of sp³-hybridized carbons (Fsp3) is 0.231.